The number of piperazine rings is 1. The van der Waals surface area contributed by atoms with Crippen molar-refractivity contribution in [1.82, 2.24) is 9.80 Å². The quantitative estimate of drug-likeness (QED) is 0.755. The smallest absolute Gasteiger partial charge is 0.304 e. The lowest BCUT2D eigenvalue weighted by Crippen LogP contribution is -2.47. The number of carbonyl (C=O) groups is 1. The Morgan fingerprint density at radius 1 is 1.21 bits per heavy atom. The van der Waals surface area contributed by atoms with Gasteiger partial charge in [0, 0.05) is 32.7 Å². The van der Waals surface area contributed by atoms with Crippen LogP contribution in [-0.4, -0.2) is 60.1 Å². The Kier molecular flexibility index (Phi) is 6.26. The fraction of sp³-hybridized carbons (Fsp3) is 0.857. The van der Waals surface area contributed by atoms with Gasteiger partial charge in [-0.3, -0.25) is 4.79 Å². The lowest BCUT2D eigenvalue weighted by atomic mass is 9.90. The van der Waals surface area contributed by atoms with E-state index in [1.165, 1.54) is 0 Å². The van der Waals surface area contributed by atoms with Gasteiger partial charge >= 0.3 is 5.97 Å². The monoisotopic (exact) mass is 267 g/mol. The van der Waals surface area contributed by atoms with Crippen LogP contribution in [0.5, 0.6) is 0 Å². The van der Waals surface area contributed by atoms with Crippen LogP contribution < -0.4 is 0 Å². The zero-order chi connectivity index (χ0) is 14.3. The van der Waals surface area contributed by atoms with Crippen molar-refractivity contribution < 1.29 is 9.90 Å². The molecule has 1 aliphatic rings. The summed E-state index contributed by atoms with van der Waals surface area (Å²) in [7, 11) is 0. The van der Waals surface area contributed by atoms with E-state index in [-0.39, 0.29) is 11.8 Å². The molecule has 0 bridgehead atoms. The van der Waals surface area contributed by atoms with Gasteiger partial charge in [-0.2, -0.15) is 5.26 Å². The molecule has 0 aromatic heterocycles. The van der Waals surface area contributed by atoms with E-state index in [4.69, 9.17) is 10.4 Å². The maximum Gasteiger partial charge on any atom is 0.304 e. The van der Waals surface area contributed by atoms with Gasteiger partial charge in [-0.15, -0.1) is 0 Å². The number of rotatable bonds is 7. The third-order valence-corrected chi connectivity index (χ3v) is 3.69. The SMILES string of the molecule is CC(C)(C#N)CCCN1CCN(CCC(=O)O)CC1. The Bertz CT molecular complexity index is 328. The predicted octanol–water partition coefficient (Wildman–Crippen LogP) is 1.41. The first-order valence-corrected chi connectivity index (χ1v) is 7.01. The average molecular weight is 267 g/mol. The van der Waals surface area contributed by atoms with Crippen LogP contribution in [0.1, 0.15) is 33.1 Å². The molecule has 0 aliphatic carbocycles. The maximum atomic E-state index is 10.5. The number of nitrogens with zero attached hydrogens (tertiary/aromatic N) is 3. The van der Waals surface area contributed by atoms with Crippen molar-refractivity contribution in [2.45, 2.75) is 33.1 Å². The molecule has 0 spiro atoms. The summed E-state index contributed by atoms with van der Waals surface area (Å²) in [5.41, 5.74) is -0.219. The van der Waals surface area contributed by atoms with E-state index in [1.54, 1.807) is 0 Å². The van der Waals surface area contributed by atoms with Gasteiger partial charge in [0.1, 0.15) is 0 Å². The Labute approximate surface area is 115 Å². The van der Waals surface area contributed by atoms with E-state index in [9.17, 15) is 4.79 Å². The first-order chi connectivity index (χ1) is 8.93. The third-order valence-electron chi connectivity index (χ3n) is 3.69. The fourth-order valence-electron chi connectivity index (χ4n) is 2.29. The van der Waals surface area contributed by atoms with Crippen molar-refractivity contribution >= 4 is 5.97 Å². The molecule has 0 atom stereocenters. The molecule has 1 rings (SSSR count). The summed E-state index contributed by atoms with van der Waals surface area (Å²) in [5.74, 6) is -0.721. The van der Waals surface area contributed by atoms with E-state index in [2.05, 4.69) is 15.9 Å². The van der Waals surface area contributed by atoms with Crippen LogP contribution in [0.2, 0.25) is 0 Å². The topological polar surface area (TPSA) is 67.6 Å². The van der Waals surface area contributed by atoms with E-state index in [0.717, 1.165) is 45.6 Å². The summed E-state index contributed by atoms with van der Waals surface area (Å²) in [5, 5.41) is 17.6. The van der Waals surface area contributed by atoms with E-state index >= 15 is 0 Å². The number of carboxylic acids is 1. The molecule has 0 unspecified atom stereocenters. The second-order valence-electron chi connectivity index (χ2n) is 5.93. The van der Waals surface area contributed by atoms with Crippen LogP contribution in [0.3, 0.4) is 0 Å². The Balaban J connectivity index is 2.13. The van der Waals surface area contributed by atoms with Crippen molar-refractivity contribution in [3.8, 4) is 6.07 Å². The highest BCUT2D eigenvalue weighted by atomic mass is 16.4. The molecule has 1 N–H and O–H groups in total. The second-order valence-corrected chi connectivity index (χ2v) is 5.93. The maximum absolute atomic E-state index is 10.5. The summed E-state index contributed by atoms with van der Waals surface area (Å²) >= 11 is 0. The molecule has 0 radical (unpaired) electrons. The highest BCUT2D eigenvalue weighted by Gasteiger charge is 2.19. The van der Waals surface area contributed by atoms with Crippen LogP contribution in [0, 0.1) is 16.7 Å². The van der Waals surface area contributed by atoms with Crippen molar-refractivity contribution in [3.63, 3.8) is 0 Å². The van der Waals surface area contributed by atoms with Crippen LogP contribution >= 0.6 is 0 Å². The predicted molar refractivity (Wildman–Crippen MR) is 73.8 cm³/mol. The Morgan fingerprint density at radius 2 is 1.74 bits per heavy atom. The van der Waals surface area contributed by atoms with E-state index in [1.807, 2.05) is 13.8 Å². The Morgan fingerprint density at radius 3 is 2.21 bits per heavy atom. The molecular weight excluding hydrogens is 242 g/mol. The summed E-state index contributed by atoms with van der Waals surface area (Å²) in [6.07, 6.45) is 2.22. The number of carboxylic acid groups (broad SMARTS) is 1. The number of nitriles is 1. The van der Waals surface area contributed by atoms with E-state index < -0.39 is 5.97 Å². The van der Waals surface area contributed by atoms with Gasteiger partial charge in [0.15, 0.2) is 0 Å². The molecule has 1 fully saturated rings. The van der Waals surface area contributed by atoms with Gasteiger partial charge in [0.05, 0.1) is 17.9 Å². The molecule has 1 saturated heterocycles. The van der Waals surface area contributed by atoms with E-state index in [0.29, 0.717) is 6.54 Å². The van der Waals surface area contributed by atoms with Gasteiger partial charge in [-0.05, 0) is 33.2 Å². The van der Waals surface area contributed by atoms with Crippen molar-refractivity contribution in [1.29, 1.82) is 5.26 Å². The van der Waals surface area contributed by atoms with Gasteiger partial charge in [0.25, 0.3) is 0 Å². The summed E-state index contributed by atoms with van der Waals surface area (Å²) in [6, 6.07) is 2.33. The lowest BCUT2D eigenvalue weighted by Gasteiger charge is -2.34. The molecule has 0 amide bonds. The molecule has 19 heavy (non-hydrogen) atoms. The number of hydrogen-bond donors (Lipinski definition) is 1. The summed E-state index contributed by atoms with van der Waals surface area (Å²) in [4.78, 5) is 15.1. The van der Waals surface area contributed by atoms with Gasteiger partial charge in [-0.25, -0.2) is 0 Å². The number of hydrogen-bond acceptors (Lipinski definition) is 4. The molecule has 0 aromatic carbocycles. The minimum absolute atomic E-state index is 0.219. The minimum Gasteiger partial charge on any atom is -0.481 e. The molecular formula is C14H25N3O2. The van der Waals surface area contributed by atoms with Gasteiger partial charge in [0.2, 0.25) is 0 Å². The molecule has 5 heteroatoms. The average Bonchev–Trinajstić information content (AvgIpc) is 2.37. The fourth-order valence-corrected chi connectivity index (χ4v) is 2.29. The molecule has 1 heterocycles. The van der Waals surface area contributed by atoms with Crippen LogP contribution in [-0.2, 0) is 4.79 Å². The van der Waals surface area contributed by atoms with Crippen LogP contribution in [0.4, 0.5) is 0 Å². The van der Waals surface area contributed by atoms with Crippen molar-refractivity contribution in [2.24, 2.45) is 5.41 Å². The highest BCUT2D eigenvalue weighted by Crippen LogP contribution is 2.20. The standard InChI is InChI=1S/C14H25N3O2/c1-14(2,12-15)5-3-6-16-8-10-17(11-9-16)7-4-13(18)19/h3-11H2,1-2H3,(H,18,19). The normalized spacial score (nSPS) is 18.2. The summed E-state index contributed by atoms with van der Waals surface area (Å²) < 4.78 is 0. The third kappa shape index (κ3) is 6.55. The highest BCUT2D eigenvalue weighted by molar-refractivity contribution is 5.66. The second kappa shape index (κ2) is 7.46. The molecule has 5 nitrogen and oxygen atoms in total. The largest absolute Gasteiger partial charge is 0.481 e. The molecule has 0 aromatic rings. The van der Waals surface area contributed by atoms with Gasteiger partial charge < -0.3 is 14.9 Å². The summed E-state index contributed by atoms with van der Waals surface area (Å²) in [6.45, 7) is 9.58. The van der Waals surface area contributed by atoms with Crippen LogP contribution in [0.15, 0.2) is 0 Å². The van der Waals surface area contributed by atoms with Crippen molar-refractivity contribution in [3.05, 3.63) is 0 Å². The van der Waals surface area contributed by atoms with Crippen LogP contribution in [0.25, 0.3) is 0 Å². The van der Waals surface area contributed by atoms with Crippen molar-refractivity contribution in [2.75, 3.05) is 39.3 Å². The Hall–Kier alpha value is -1.12. The molecule has 1 aliphatic heterocycles. The zero-order valence-corrected chi connectivity index (χ0v) is 12.1. The first-order valence-electron chi connectivity index (χ1n) is 7.01. The first kappa shape index (κ1) is 15.9. The number of aliphatic carboxylic acids is 1. The molecule has 108 valence electrons. The van der Waals surface area contributed by atoms with Gasteiger partial charge in [-0.1, -0.05) is 0 Å². The molecule has 0 saturated carbocycles. The lowest BCUT2D eigenvalue weighted by molar-refractivity contribution is -0.137. The minimum atomic E-state index is -0.721. The zero-order valence-electron chi connectivity index (χ0n) is 12.1.